The summed E-state index contributed by atoms with van der Waals surface area (Å²) in [6.07, 6.45) is 5.17. The van der Waals surface area contributed by atoms with Crippen molar-refractivity contribution in [3.8, 4) is 0 Å². The number of allylic oxidation sites excluding steroid dienone is 2. The van der Waals surface area contributed by atoms with E-state index in [4.69, 9.17) is 5.11 Å². The smallest absolute Gasteiger partial charge is 0.341 e. The largest absolute Gasteiger partial charge is 0.477 e. The van der Waals surface area contributed by atoms with E-state index in [0.717, 1.165) is 34.2 Å². The number of aryl methyl sites for hydroxylation is 1. The fourth-order valence-electron chi connectivity index (χ4n) is 4.71. The maximum atomic E-state index is 12.7. The Hall–Kier alpha value is -2.34. The second-order valence-corrected chi connectivity index (χ2v) is 10.5. The van der Waals surface area contributed by atoms with Gasteiger partial charge in [-0.2, -0.15) is 0 Å². The van der Waals surface area contributed by atoms with Crippen LogP contribution in [0.15, 0.2) is 28.2 Å². The van der Waals surface area contributed by atoms with Crippen molar-refractivity contribution < 1.29 is 23.5 Å². The van der Waals surface area contributed by atoms with Gasteiger partial charge < -0.3 is 5.11 Å². The first-order valence-electron chi connectivity index (χ1n) is 12.1. The van der Waals surface area contributed by atoms with E-state index in [9.17, 15) is 18.4 Å². The predicted molar refractivity (Wildman–Crippen MR) is 141 cm³/mol. The lowest BCUT2D eigenvalue weighted by molar-refractivity contribution is 0.0686. The first kappa shape index (κ1) is 28.9. The topological polar surface area (TPSA) is 54.4 Å². The Balaban J connectivity index is 0.000000246. The fraction of sp³-hybridized carbons (Fsp3) is 0.448. The van der Waals surface area contributed by atoms with Gasteiger partial charge in [-0.05, 0) is 86.1 Å². The van der Waals surface area contributed by atoms with Crippen molar-refractivity contribution in [1.29, 1.82) is 0 Å². The van der Waals surface area contributed by atoms with Gasteiger partial charge in [0.05, 0.1) is 0 Å². The van der Waals surface area contributed by atoms with E-state index >= 15 is 0 Å². The Kier molecular flexibility index (Phi) is 9.57. The molecule has 0 unspecified atom stereocenters. The molecule has 1 N–H and O–H groups in total. The lowest BCUT2D eigenvalue weighted by Gasteiger charge is -2.49. The molecule has 3 aliphatic rings. The Bertz CT molecular complexity index is 1150. The quantitative estimate of drug-likeness (QED) is 0.388. The summed E-state index contributed by atoms with van der Waals surface area (Å²) in [6, 6.07) is 4.11. The zero-order valence-electron chi connectivity index (χ0n) is 21.7. The molecule has 2 aromatic carbocycles. The fourth-order valence-corrected chi connectivity index (χ4v) is 5.62. The van der Waals surface area contributed by atoms with Crippen LogP contribution >= 0.6 is 15.9 Å². The maximum absolute atomic E-state index is 12.7. The highest BCUT2D eigenvalue weighted by Gasteiger charge is 2.46. The van der Waals surface area contributed by atoms with Crippen LogP contribution < -0.4 is 0 Å². The van der Waals surface area contributed by atoms with Crippen LogP contribution in [0.4, 0.5) is 8.78 Å². The highest BCUT2D eigenvalue weighted by atomic mass is 79.9. The molecule has 5 rings (SSSR count). The van der Waals surface area contributed by atoms with Gasteiger partial charge in [-0.3, -0.25) is 4.79 Å². The van der Waals surface area contributed by atoms with E-state index in [1.54, 1.807) is 5.57 Å². The summed E-state index contributed by atoms with van der Waals surface area (Å²) in [7, 11) is 0. The van der Waals surface area contributed by atoms with E-state index in [2.05, 4.69) is 63.5 Å². The van der Waals surface area contributed by atoms with Gasteiger partial charge in [-0.1, -0.05) is 55.6 Å². The van der Waals surface area contributed by atoms with E-state index < -0.39 is 23.2 Å². The van der Waals surface area contributed by atoms with Gasteiger partial charge in [0.1, 0.15) is 17.2 Å². The Morgan fingerprint density at radius 1 is 1.03 bits per heavy atom. The molecule has 0 atom stereocenters. The van der Waals surface area contributed by atoms with Crippen LogP contribution in [-0.2, 0) is 5.41 Å². The number of carbonyl (C=O) groups is 2. The molecule has 0 spiro atoms. The summed E-state index contributed by atoms with van der Waals surface area (Å²) in [5, 5.41) is 8.36. The molecule has 0 aliphatic heterocycles. The normalized spacial score (nSPS) is 14.6. The summed E-state index contributed by atoms with van der Waals surface area (Å²) >= 11 is 3.79. The summed E-state index contributed by atoms with van der Waals surface area (Å²) in [6.45, 7) is 14.4. The van der Waals surface area contributed by atoms with Gasteiger partial charge in [0.15, 0.2) is 5.78 Å². The van der Waals surface area contributed by atoms with Gasteiger partial charge >= 0.3 is 5.97 Å². The van der Waals surface area contributed by atoms with Crippen molar-refractivity contribution in [2.45, 2.75) is 86.0 Å². The van der Waals surface area contributed by atoms with Gasteiger partial charge in [-0.15, -0.1) is 0 Å². The van der Waals surface area contributed by atoms with Crippen molar-refractivity contribution in [3.63, 3.8) is 0 Å². The number of rotatable bonds is 4. The molecule has 1 saturated carbocycles. The third kappa shape index (κ3) is 5.91. The molecule has 2 bridgehead atoms. The number of carboxylic acid groups (broad SMARTS) is 1. The molecule has 2 aromatic rings. The molecule has 0 aromatic heterocycles. The molecule has 0 radical (unpaired) electrons. The number of aromatic carboxylic acids is 1. The molecule has 3 aliphatic carbocycles. The first-order chi connectivity index (χ1) is 16.3. The van der Waals surface area contributed by atoms with Gasteiger partial charge in [0, 0.05) is 21.9 Å². The number of carbonyl (C=O) groups excluding carboxylic acids is 1. The average Bonchev–Trinajstić information content (AvgIpc) is 2.72. The number of ketones is 1. The van der Waals surface area contributed by atoms with Gasteiger partial charge in [0.25, 0.3) is 0 Å². The van der Waals surface area contributed by atoms with E-state index in [0.29, 0.717) is 12.0 Å². The second-order valence-electron chi connectivity index (χ2n) is 9.72. The zero-order chi connectivity index (χ0) is 26.7. The zero-order valence-corrected chi connectivity index (χ0v) is 23.3. The van der Waals surface area contributed by atoms with Crippen LogP contribution in [0.25, 0.3) is 5.57 Å². The monoisotopic (exact) mass is 548 g/mol. The van der Waals surface area contributed by atoms with Crippen molar-refractivity contribution in [2.24, 2.45) is 0 Å². The Morgan fingerprint density at radius 2 is 1.54 bits per heavy atom. The van der Waals surface area contributed by atoms with Crippen molar-refractivity contribution in [2.75, 3.05) is 0 Å². The minimum atomic E-state index is -1.59. The number of carboxylic acids is 1. The minimum absolute atomic E-state index is 0.274. The van der Waals surface area contributed by atoms with E-state index in [1.165, 1.54) is 42.9 Å². The van der Waals surface area contributed by atoms with Crippen LogP contribution in [0.1, 0.15) is 110 Å². The molecule has 0 heterocycles. The Labute approximate surface area is 215 Å². The molecule has 6 heteroatoms. The maximum Gasteiger partial charge on any atom is 0.341 e. The molecule has 1 fully saturated rings. The number of Topliss-reactive ketones (excluding diaryl/α,β-unsaturated/α-hetero) is 1. The van der Waals surface area contributed by atoms with Crippen LogP contribution in [0.2, 0.25) is 0 Å². The first-order valence-corrected chi connectivity index (χ1v) is 12.9. The standard InChI is InChI=1S/C18H21BrO.C8H6F2O2.C3H8/c1-5-6-15(20)13-7-14-10(2)12-8-18(4,9-12)16(14)17(19)11(13)3;1-4-2-5(9)7(8(11)12)6(10)3-4;1-3-2/h7H,5-6,8-9H2,1-4H3;2-3H,1H3,(H,11,12);3H2,1-2H3. The van der Waals surface area contributed by atoms with Crippen LogP contribution in [0, 0.1) is 25.5 Å². The molecule has 0 amide bonds. The summed E-state index contributed by atoms with van der Waals surface area (Å²) in [5.74, 6) is -3.40. The van der Waals surface area contributed by atoms with Crippen LogP contribution in [0.3, 0.4) is 0 Å². The number of hydrogen-bond donors (Lipinski definition) is 1. The predicted octanol–water partition coefficient (Wildman–Crippen LogP) is 8.97. The van der Waals surface area contributed by atoms with Crippen molar-refractivity contribution >= 4 is 33.3 Å². The molecule has 3 nitrogen and oxygen atoms in total. The Morgan fingerprint density at radius 3 is 2.00 bits per heavy atom. The average molecular weight is 549 g/mol. The molecular formula is C29H35BrF2O3. The second kappa shape index (κ2) is 11.6. The van der Waals surface area contributed by atoms with E-state index in [1.807, 2.05) is 0 Å². The summed E-state index contributed by atoms with van der Waals surface area (Å²) in [4.78, 5) is 22.6. The molecule has 0 saturated heterocycles. The summed E-state index contributed by atoms with van der Waals surface area (Å²) < 4.78 is 26.6. The minimum Gasteiger partial charge on any atom is -0.477 e. The lowest BCUT2D eigenvalue weighted by atomic mass is 9.56. The van der Waals surface area contributed by atoms with Gasteiger partial charge in [0.2, 0.25) is 0 Å². The highest BCUT2D eigenvalue weighted by molar-refractivity contribution is 9.10. The summed E-state index contributed by atoms with van der Waals surface area (Å²) in [5.41, 5.74) is 7.46. The molecule has 35 heavy (non-hydrogen) atoms. The van der Waals surface area contributed by atoms with Crippen molar-refractivity contribution in [3.05, 3.63) is 73.3 Å². The number of benzene rings is 2. The van der Waals surface area contributed by atoms with Gasteiger partial charge in [-0.25, -0.2) is 13.6 Å². The van der Waals surface area contributed by atoms with Crippen LogP contribution in [0.5, 0.6) is 0 Å². The van der Waals surface area contributed by atoms with Crippen molar-refractivity contribution in [1.82, 2.24) is 0 Å². The highest BCUT2D eigenvalue weighted by Crippen LogP contribution is 2.58. The molecular weight excluding hydrogens is 514 g/mol. The molecule has 190 valence electrons. The number of halogens is 3. The SMILES string of the molecule is CCC.CCCC(=O)c1cc2c(c(Br)c1C)C1(C)CC(=C2C)C1.Cc1cc(F)c(C(=O)O)c(F)c1. The van der Waals surface area contributed by atoms with E-state index in [-0.39, 0.29) is 11.2 Å². The third-order valence-corrected chi connectivity index (χ3v) is 7.42. The number of hydrogen-bond acceptors (Lipinski definition) is 2. The third-order valence-electron chi connectivity index (χ3n) is 6.43. The lowest BCUT2D eigenvalue weighted by Crippen LogP contribution is -2.38. The van der Waals surface area contributed by atoms with Crippen LogP contribution in [-0.4, -0.2) is 16.9 Å².